The molecule has 0 N–H and O–H groups in total. The molecule has 0 aromatic rings. The molecule has 0 saturated heterocycles. The summed E-state index contributed by atoms with van der Waals surface area (Å²) >= 11 is 0. The Labute approximate surface area is 68.8 Å². The first kappa shape index (κ1) is 10.4. The summed E-state index contributed by atoms with van der Waals surface area (Å²) in [6, 6.07) is 0. The quantitative estimate of drug-likeness (QED) is 0.538. The van der Waals surface area contributed by atoms with Gasteiger partial charge in [-0.3, -0.25) is 0 Å². The van der Waals surface area contributed by atoms with Crippen LogP contribution in [0.25, 0.3) is 0 Å². The summed E-state index contributed by atoms with van der Waals surface area (Å²) < 4.78 is 12.6. The van der Waals surface area contributed by atoms with Crippen LogP contribution >= 0.6 is 0 Å². The SMILES string of the molecule is CC.CCC1=CCCC=C1F. The fraction of sp³-hybridized carbons (Fsp3) is 0.600. The van der Waals surface area contributed by atoms with Crippen molar-refractivity contribution in [3.63, 3.8) is 0 Å². The van der Waals surface area contributed by atoms with Crippen LogP contribution in [0.3, 0.4) is 0 Å². The van der Waals surface area contributed by atoms with Gasteiger partial charge in [0.25, 0.3) is 0 Å². The fourth-order valence-corrected chi connectivity index (χ4v) is 1.01. The normalized spacial score (nSPS) is 16.0. The molecule has 0 saturated carbocycles. The van der Waals surface area contributed by atoms with Crippen LogP contribution in [-0.4, -0.2) is 0 Å². The highest BCUT2D eigenvalue weighted by Crippen LogP contribution is 2.21. The van der Waals surface area contributed by atoms with Gasteiger partial charge in [0.1, 0.15) is 5.83 Å². The lowest BCUT2D eigenvalue weighted by molar-refractivity contribution is 0.626. The highest BCUT2D eigenvalue weighted by molar-refractivity contribution is 5.27. The Bertz CT molecular complexity index is 154. The largest absolute Gasteiger partial charge is 0.207 e. The van der Waals surface area contributed by atoms with Crippen molar-refractivity contribution in [3.05, 3.63) is 23.6 Å². The molecule has 0 spiro atoms. The van der Waals surface area contributed by atoms with Gasteiger partial charge in [-0.2, -0.15) is 0 Å². The summed E-state index contributed by atoms with van der Waals surface area (Å²) in [4.78, 5) is 0. The number of hydrogen-bond acceptors (Lipinski definition) is 0. The van der Waals surface area contributed by atoms with Gasteiger partial charge in [-0.05, 0) is 30.9 Å². The first-order chi connectivity index (χ1) is 5.34. The fourth-order valence-electron chi connectivity index (χ4n) is 1.01. The van der Waals surface area contributed by atoms with Crippen LogP contribution in [0.2, 0.25) is 0 Å². The van der Waals surface area contributed by atoms with Gasteiger partial charge in [0, 0.05) is 0 Å². The number of allylic oxidation sites excluding steroid dienone is 4. The minimum absolute atomic E-state index is 0.0104. The van der Waals surface area contributed by atoms with Crippen LogP contribution in [0.15, 0.2) is 23.6 Å². The highest BCUT2D eigenvalue weighted by atomic mass is 19.1. The maximum atomic E-state index is 12.6. The zero-order valence-electron chi connectivity index (χ0n) is 7.65. The molecule has 0 bridgehead atoms. The van der Waals surface area contributed by atoms with Gasteiger partial charge in [-0.1, -0.05) is 26.8 Å². The van der Waals surface area contributed by atoms with E-state index in [4.69, 9.17) is 0 Å². The van der Waals surface area contributed by atoms with Crippen LogP contribution in [0.1, 0.15) is 40.0 Å². The molecule has 0 atom stereocenters. The molecule has 0 radical (unpaired) electrons. The number of hydrogen-bond donors (Lipinski definition) is 0. The summed E-state index contributed by atoms with van der Waals surface area (Å²) in [5, 5.41) is 0. The molecule has 0 heterocycles. The summed E-state index contributed by atoms with van der Waals surface area (Å²) in [5.74, 6) is -0.0104. The van der Waals surface area contributed by atoms with E-state index < -0.39 is 0 Å². The van der Waals surface area contributed by atoms with Gasteiger partial charge in [-0.15, -0.1) is 0 Å². The van der Waals surface area contributed by atoms with Gasteiger partial charge in [0.2, 0.25) is 0 Å². The van der Waals surface area contributed by atoms with Gasteiger partial charge >= 0.3 is 0 Å². The molecule has 0 unspecified atom stereocenters. The molecule has 0 aromatic heterocycles. The Morgan fingerprint density at radius 3 is 2.18 bits per heavy atom. The molecule has 1 aliphatic carbocycles. The number of rotatable bonds is 1. The first-order valence-corrected chi connectivity index (χ1v) is 4.39. The average molecular weight is 156 g/mol. The molecule has 0 aromatic carbocycles. The van der Waals surface area contributed by atoms with E-state index >= 15 is 0 Å². The Morgan fingerprint density at radius 1 is 1.27 bits per heavy atom. The molecule has 1 aliphatic rings. The molecule has 1 heteroatoms. The van der Waals surface area contributed by atoms with E-state index in [2.05, 4.69) is 0 Å². The van der Waals surface area contributed by atoms with Crippen LogP contribution in [0.4, 0.5) is 4.39 Å². The third kappa shape index (κ3) is 3.35. The van der Waals surface area contributed by atoms with Crippen molar-refractivity contribution in [2.24, 2.45) is 0 Å². The van der Waals surface area contributed by atoms with Crippen LogP contribution < -0.4 is 0 Å². The van der Waals surface area contributed by atoms with Crippen LogP contribution in [0.5, 0.6) is 0 Å². The Hall–Kier alpha value is -0.590. The Kier molecular flexibility index (Phi) is 5.81. The second-order valence-corrected chi connectivity index (χ2v) is 2.21. The van der Waals surface area contributed by atoms with E-state index in [-0.39, 0.29) is 5.83 Å². The second kappa shape index (κ2) is 6.14. The minimum Gasteiger partial charge on any atom is -0.207 e. The monoisotopic (exact) mass is 156 g/mol. The van der Waals surface area contributed by atoms with E-state index in [0.29, 0.717) is 0 Å². The van der Waals surface area contributed by atoms with Crippen molar-refractivity contribution in [2.75, 3.05) is 0 Å². The Balaban J connectivity index is 0.000000461. The van der Waals surface area contributed by atoms with Crippen LogP contribution in [-0.2, 0) is 0 Å². The summed E-state index contributed by atoms with van der Waals surface area (Å²) in [5.41, 5.74) is 0.876. The van der Waals surface area contributed by atoms with Crippen molar-refractivity contribution < 1.29 is 4.39 Å². The summed E-state index contributed by atoms with van der Waals surface area (Å²) in [6.45, 7) is 5.98. The third-order valence-electron chi connectivity index (χ3n) is 1.57. The van der Waals surface area contributed by atoms with E-state index in [9.17, 15) is 4.39 Å². The van der Waals surface area contributed by atoms with Gasteiger partial charge in [0.05, 0.1) is 0 Å². The maximum absolute atomic E-state index is 12.6. The predicted molar refractivity (Wildman–Crippen MR) is 48.1 cm³/mol. The van der Waals surface area contributed by atoms with Gasteiger partial charge < -0.3 is 0 Å². The van der Waals surface area contributed by atoms with Gasteiger partial charge in [-0.25, -0.2) is 4.39 Å². The standard InChI is InChI=1S/C8H11F.C2H6/c1-2-7-5-3-4-6-8(7)9;1-2/h5-6H,2-4H2,1H3;1-2H3. The summed E-state index contributed by atoms with van der Waals surface area (Å²) in [7, 11) is 0. The molecule has 64 valence electrons. The first-order valence-electron chi connectivity index (χ1n) is 4.39. The average Bonchev–Trinajstić information content (AvgIpc) is 2.09. The topological polar surface area (TPSA) is 0 Å². The third-order valence-corrected chi connectivity index (χ3v) is 1.57. The highest BCUT2D eigenvalue weighted by Gasteiger charge is 2.03. The zero-order chi connectivity index (χ0) is 8.69. The number of halogens is 1. The van der Waals surface area contributed by atoms with Crippen molar-refractivity contribution in [3.8, 4) is 0 Å². The van der Waals surface area contributed by atoms with E-state index in [1.165, 1.54) is 0 Å². The Morgan fingerprint density at radius 2 is 1.82 bits per heavy atom. The lowest BCUT2D eigenvalue weighted by atomic mass is 10.0. The lowest BCUT2D eigenvalue weighted by Gasteiger charge is -2.05. The van der Waals surface area contributed by atoms with Crippen molar-refractivity contribution in [2.45, 2.75) is 40.0 Å². The molecular weight excluding hydrogens is 139 g/mol. The molecule has 0 amide bonds. The maximum Gasteiger partial charge on any atom is 0.122 e. The molecular formula is C10H17F. The predicted octanol–water partition coefficient (Wildman–Crippen LogP) is 4.00. The van der Waals surface area contributed by atoms with E-state index in [1.54, 1.807) is 6.08 Å². The molecule has 1 rings (SSSR count). The smallest absolute Gasteiger partial charge is 0.122 e. The van der Waals surface area contributed by atoms with E-state index in [0.717, 1.165) is 24.8 Å². The van der Waals surface area contributed by atoms with Crippen molar-refractivity contribution in [1.82, 2.24) is 0 Å². The second-order valence-electron chi connectivity index (χ2n) is 2.21. The van der Waals surface area contributed by atoms with Crippen molar-refractivity contribution in [1.29, 1.82) is 0 Å². The molecule has 11 heavy (non-hydrogen) atoms. The van der Waals surface area contributed by atoms with Crippen LogP contribution in [0, 0.1) is 0 Å². The minimum atomic E-state index is -0.0104. The summed E-state index contributed by atoms with van der Waals surface area (Å²) in [6.07, 6.45) is 6.35. The molecule has 0 aliphatic heterocycles. The molecule has 0 fully saturated rings. The lowest BCUT2D eigenvalue weighted by Crippen LogP contribution is -1.87. The molecule has 0 nitrogen and oxygen atoms in total. The van der Waals surface area contributed by atoms with Gasteiger partial charge in [0.15, 0.2) is 0 Å². The van der Waals surface area contributed by atoms with Crippen molar-refractivity contribution >= 4 is 0 Å². The van der Waals surface area contributed by atoms with E-state index in [1.807, 2.05) is 26.8 Å². The zero-order valence-corrected chi connectivity index (χ0v) is 7.65.